The number of nitrogens with one attached hydrogen (secondary N) is 2. The number of fused-ring (bicyclic) bond motifs is 2. The summed E-state index contributed by atoms with van der Waals surface area (Å²) in [6.07, 6.45) is -0.713. The molecule has 1 fully saturated rings. The van der Waals surface area contributed by atoms with Crippen molar-refractivity contribution < 1.29 is 17.9 Å². The van der Waals surface area contributed by atoms with Crippen LogP contribution >= 0.6 is 0 Å². The van der Waals surface area contributed by atoms with Gasteiger partial charge in [-0.15, -0.1) is 0 Å². The van der Waals surface area contributed by atoms with Crippen LogP contribution in [0.5, 0.6) is 5.75 Å². The molecule has 0 bridgehead atoms. The maximum absolute atomic E-state index is 13.3. The molecular weight excluding hydrogens is 343 g/mol. The molecular formula is C19H16F3N3O. The number of para-hydroxylation sites is 1. The first-order chi connectivity index (χ1) is 12.5. The molecule has 0 saturated heterocycles. The zero-order valence-corrected chi connectivity index (χ0v) is 13.8. The Balaban J connectivity index is 1.61. The van der Waals surface area contributed by atoms with E-state index in [1.165, 1.54) is 0 Å². The van der Waals surface area contributed by atoms with Crippen molar-refractivity contribution >= 4 is 22.5 Å². The standard InChI is InChI=1S/C19H16F3N3O/c20-19(21,22)13-9-23-18-16(13)12(10-4-5-10)8-15(25-18)24-14-3-1-2-11-6-7-26-17(11)14/h1-3,8-10H,4-7H2,(H2,23,24,25). The number of hydrogen-bond acceptors (Lipinski definition) is 3. The number of aromatic nitrogens is 2. The van der Waals surface area contributed by atoms with Gasteiger partial charge in [-0.1, -0.05) is 12.1 Å². The summed E-state index contributed by atoms with van der Waals surface area (Å²) >= 11 is 0. The van der Waals surface area contributed by atoms with E-state index in [0.29, 0.717) is 18.0 Å². The molecule has 0 atom stereocenters. The van der Waals surface area contributed by atoms with Gasteiger partial charge in [-0.25, -0.2) is 4.98 Å². The van der Waals surface area contributed by atoms with Gasteiger partial charge in [0.15, 0.2) is 0 Å². The van der Waals surface area contributed by atoms with Crippen molar-refractivity contribution in [2.75, 3.05) is 11.9 Å². The van der Waals surface area contributed by atoms with Gasteiger partial charge in [0.1, 0.15) is 17.2 Å². The summed E-state index contributed by atoms with van der Waals surface area (Å²) in [5.41, 5.74) is 2.24. The second kappa shape index (κ2) is 5.40. The van der Waals surface area contributed by atoms with Crippen LogP contribution in [0.1, 0.15) is 35.4 Å². The van der Waals surface area contributed by atoms with E-state index < -0.39 is 11.7 Å². The predicted octanol–water partition coefficient (Wildman–Crippen LogP) is 5.14. The van der Waals surface area contributed by atoms with E-state index in [9.17, 15) is 13.2 Å². The SMILES string of the molecule is FC(F)(F)c1c[nH]c2nc(Nc3cccc4c3OCC4)cc(C3CC3)c12. The van der Waals surface area contributed by atoms with E-state index in [4.69, 9.17) is 4.74 Å². The van der Waals surface area contributed by atoms with Gasteiger partial charge in [0, 0.05) is 18.0 Å². The summed E-state index contributed by atoms with van der Waals surface area (Å²) in [5, 5.41) is 3.42. The first-order valence-electron chi connectivity index (χ1n) is 8.61. The third-order valence-electron chi connectivity index (χ3n) is 4.97. The normalized spacial score (nSPS) is 16.6. The number of halogens is 3. The van der Waals surface area contributed by atoms with Gasteiger partial charge in [-0.2, -0.15) is 13.2 Å². The number of pyridine rings is 1. The zero-order valence-electron chi connectivity index (χ0n) is 13.8. The third kappa shape index (κ3) is 2.50. The molecule has 1 aliphatic heterocycles. The average molecular weight is 359 g/mol. The Morgan fingerprint density at radius 2 is 2.08 bits per heavy atom. The lowest BCUT2D eigenvalue weighted by molar-refractivity contribution is -0.136. The summed E-state index contributed by atoms with van der Waals surface area (Å²) in [6.45, 7) is 0.638. The molecule has 134 valence electrons. The summed E-state index contributed by atoms with van der Waals surface area (Å²) in [6, 6.07) is 7.59. The molecule has 1 saturated carbocycles. The fourth-order valence-electron chi connectivity index (χ4n) is 3.62. The van der Waals surface area contributed by atoms with Gasteiger partial charge in [-0.3, -0.25) is 0 Å². The van der Waals surface area contributed by atoms with E-state index in [1.54, 1.807) is 6.07 Å². The molecule has 0 amide bonds. The summed E-state index contributed by atoms with van der Waals surface area (Å²) in [5.74, 6) is 1.49. The number of benzene rings is 1. The number of H-pyrrole nitrogens is 1. The fraction of sp³-hybridized carbons (Fsp3) is 0.316. The molecule has 0 spiro atoms. The Morgan fingerprint density at radius 3 is 2.85 bits per heavy atom. The number of anilines is 2. The Hall–Kier alpha value is -2.70. The molecule has 2 aliphatic rings. The van der Waals surface area contributed by atoms with Crippen LogP contribution in [0.3, 0.4) is 0 Å². The maximum Gasteiger partial charge on any atom is 0.418 e. The van der Waals surface area contributed by atoms with Crippen LogP contribution in [0.15, 0.2) is 30.5 Å². The van der Waals surface area contributed by atoms with Crippen molar-refractivity contribution in [3.05, 3.63) is 47.2 Å². The van der Waals surface area contributed by atoms with Crippen molar-refractivity contribution in [3.63, 3.8) is 0 Å². The van der Waals surface area contributed by atoms with Gasteiger partial charge in [0.05, 0.1) is 17.9 Å². The van der Waals surface area contributed by atoms with E-state index >= 15 is 0 Å². The molecule has 3 heterocycles. The van der Waals surface area contributed by atoms with Gasteiger partial charge >= 0.3 is 6.18 Å². The van der Waals surface area contributed by atoms with Crippen LogP contribution in [-0.2, 0) is 12.6 Å². The highest BCUT2D eigenvalue weighted by Gasteiger charge is 2.37. The topological polar surface area (TPSA) is 49.9 Å². The third-order valence-corrected chi connectivity index (χ3v) is 4.97. The quantitative estimate of drug-likeness (QED) is 0.681. The highest BCUT2D eigenvalue weighted by Crippen LogP contribution is 2.47. The van der Waals surface area contributed by atoms with Crippen molar-refractivity contribution in [1.82, 2.24) is 9.97 Å². The first-order valence-corrected chi connectivity index (χ1v) is 8.61. The second-order valence-corrected chi connectivity index (χ2v) is 6.81. The van der Waals surface area contributed by atoms with E-state index in [2.05, 4.69) is 15.3 Å². The molecule has 4 nitrogen and oxygen atoms in total. The minimum atomic E-state index is -4.40. The Kier molecular flexibility index (Phi) is 3.23. The van der Waals surface area contributed by atoms with Crippen LogP contribution in [0.2, 0.25) is 0 Å². The van der Waals surface area contributed by atoms with Crippen LogP contribution < -0.4 is 10.1 Å². The summed E-state index contributed by atoms with van der Waals surface area (Å²) < 4.78 is 45.7. The van der Waals surface area contributed by atoms with Crippen LogP contribution in [0, 0.1) is 0 Å². The number of rotatable bonds is 3. The van der Waals surface area contributed by atoms with Crippen molar-refractivity contribution in [3.8, 4) is 5.75 Å². The van der Waals surface area contributed by atoms with Crippen LogP contribution in [0.25, 0.3) is 11.0 Å². The molecule has 7 heteroatoms. The fourth-order valence-corrected chi connectivity index (χ4v) is 3.62. The number of alkyl halides is 3. The van der Waals surface area contributed by atoms with Crippen molar-refractivity contribution in [2.45, 2.75) is 31.4 Å². The minimum absolute atomic E-state index is 0.163. The smallest absolute Gasteiger partial charge is 0.418 e. The molecule has 1 aromatic carbocycles. The number of nitrogens with zero attached hydrogens (tertiary/aromatic N) is 1. The number of ether oxygens (including phenoxy) is 1. The van der Waals surface area contributed by atoms with Crippen LogP contribution in [0.4, 0.5) is 24.7 Å². The average Bonchev–Trinajstić information content (AvgIpc) is 3.15. The number of hydrogen-bond donors (Lipinski definition) is 2. The Morgan fingerprint density at radius 1 is 1.23 bits per heavy atom. The van der Waals surface area contributed by atoms with Crippen LogP contribution in [-0.4, -0.2) is 16.6 Å². The second-order valence-electron chi connectivity index (χ2n) is 6.81. The molecule has 26 heavy (non-hydrogen) atoms. The zero-order chi connectivity index (χ0) is 17.9. The van der Waals surface area contributed by atoms with E-state index in [0.717, 1.165) is 42.5 Å². The van der Waals surface area contributed by atoms with E-state index in [-0.39, 0.29) is 17.0 Å². The Labute approximate surface area is 147 Å². The lowest BCUT2D eigenvalue weighted by atomic mass is 10.0. The first kappa shape index (κ1) is 15.5. The van der Waals surface area contributed by atoms with Crippen molar-refractivity contribution in [1.29, 1.82) is 0 Å². The molecule has 2 N–H and O–H groups in total. The maximum atomic E-state index is 13.3. The molecule has 1 aliphatic carbocycles. The van der Waals surface area contributed by atoms with Gasteiger partial charge in [-0.05, 0) is 42.0 Å². The van der Waals surface area contributed by atoms with Gasteiger partial charge in [0.25, 0.3) is 0 Å². The molecule has 2 aromatic heterocycles. The lowest BCUT2D eigenvalue weighted by Crippen LogP contribution is -2.05. The minimum Gasteiger partial charge on any atom is -0.491 e. The summed E-state index contributed by atoms with van der Waals surface area (Å²) in [4.78, 5) is 7.07. The monoisotopic (exact) mass is 359 g/mol. The van der Waals surface area contributed by atoms with Gasteiger partial charge in [0.2, 0.25) is 0 Å². The number of aromatic amines is 1. The molecule has 0 unspecified atom stereocenters. The van der Waals surface area contributed by atoms with Gasteiger partial charge < -0.3 is 15.0 Å². The highest BCUT2D eigenvalue weighted by molar-refractivity contribution is 5.87. The highest BCUT2D eigenvalue weighted by atomic mass is 19.4. The molecule has 3 aromatic rings. The van der Waals surface area contributed by atoms with Crippen molar-refractivity contribution in [2.24, 2.45) is 0 Å². The summed E-state index contributed by atoms with van der Waals surface area (Å²) in [7, 11) is 0. The Bertz CT molecular complexity index is 1010. The predicted molar refractivity (Wildman–Crippen MR) is 92.0 cm³/mol. The van der Waals surface area contributed by atoms with E-state index in [1.807, 2.05) is 18.2 Å². The largest absolute Gasteiger partial charge is 0.491 e. The molecule has 5 rings (SSSR count). The lowest BCUT2D eigenvalue weighted by Gasteiger charge is -2.13. The molecule has 0 radical (unpaired) electrons.